The SMILES string of the molecule is CCn1c(-c2nc3cc(C(=O)N4CC(C(=O)O)C[C@H](NC(=O)C(F)(F)F)C4)ccc3n2C)cc2ccccc21. The standard InChI is InChI=1S/C27H26F3N5O4/c1-3-35-20-7-5-4-6-15(20)12-22(35)23-32-19-11-16(8-9-21(19)33(23)2)24(36)34-13-17(25(37)38)10-18(14-34)31-26(39)27(28,29)30/h4-9,11-12,17-18H,3,10,13-14H2,1-2H3,(H,31,39)(H,37,38)/t17?,18-/m0/s1. The molecule has 1 aliphatic heterocycles. The van der Waals surface area contributed by atoms with Gasteiger partial charge in [0.2, 0.25) is 0 Å². The van der Waals surface area contributed by atoms with Crippen molar-refractivity contribution in [1.29, 1.82) is 0 Å². The molecule has 1 saturated heterocycles. The van der Waals surface area contributed by atoms with Gasteiger partial charge in [-0.25, -0.2) is 4.98 Å². The van der Waals surface area contributed by atoms with Crippen molar-refractivity contribution in [1.82, 2.24) is 24.3 Å². The highest BCUT2D eigenvalue weighted by molar-refractivity contribution is 5.98. The Kier molecular flexibility index (Phi) is 6.57. The third-order valence-electron chi connectivity index (χ3n) is 7.16. The Bertz CT molecular complexity index is 1610. The number of para-hydroxylation sites is 1. The van der Waals surface area contributed by atoms with Crippen molar-refractivity contribution in [2.45, 2.75) is 32.1 Å². The summed E-state index contributed by atoms with van der Waals surface area (Å²) in [6.45, 7) is 2.34. The second-order valence-corrected chi connectivity index (χ2v) is 9.68. The number of hydrogen-bond acceptors (Lipinski definition) is 4. The minimum Gasteiger partial charge on any atom is -0.481 e. The molecule has 2 aromatic heterocycles. The third-order valence-corrected chi connectivity index (χ3v) is 7.16. The first-order chi connectivity index (χ1) is 18.5. The zero-order valence-corrected chi connectivity index (χ0v) is 21.2. The van der Waals surface area contributed by atoms with Crippen LogP contribution in [0, 0.1) is 5.92 Å². The second-order valence-electron chi connectivity index (χ2n) is 9.68. The normalized spacial score (nSPS) is 18.0. The van der Waals surface area contributed by atoms with Crippen LogP contribution >= 0.6 is 0 Å². The van der Waals surface area contributed by atoms with Crippen LogP contribution in [0.4, 0.5) is 13.2 Å². The van der Waals surface area contributed by atoms with Gasteiger partial charge in [-0.2, -0.15) is 13.2 Å². The molecule has 0 saturated carbocycles. The quantitative estimate of drug-likeness (QED) is 0.400. The van der Waals surface area contributed by atoms with E-state index < -0.39 is 35.9 Å². The van der Waals surface area contributed by atoms with Gasteiger partial charge in [0, 0.05) is 49.2 Å². The molecule has 39 heavy (non-hydrogen) atoms. The summed E-state index contributed by atoms with van der Waals surface area (Å²) in [7, 11) is 1.87. The molecule has 0 bridgehead atoms. The summed E-state index contributed by atoms with van der Waals surface area (Å²) in [5, 5.41) is 12.4. The van der Waals surface area contributed by atoms with Crippen LogP contribution in [-0.2, 0) is 23.2 Å². The number of nitrogens with one attached hydrogen (secondary N) is 1. The second kappa shape index (κ2) is 9.75. The number of halogens is 3. The molecule has 1 fully saturated rings. The lowest BCUT2D eigenvalue weighted by Gasteiger charge is -2.36. The van der Waals surface area contributed by atoms with Crippen LogP contribution in [0.25, 0.3) is 33.5 Å². The molecule has 0 spiro atoms. The van der Waals surface area contributed by atoms with E-state index in [-0.39, 0.29) is 25.1 Å². The van der Waals surface area contributed by atoms with Gasteiger partial charge in [-0.15, -0.1) is 0 Å². The van der Waals surface area contributed by atoms with Crippen molar-refractivity contribution in [2.75, 3.05) is 13.1 Å². The van der Waals surface area contributed by atoms with Gasteiger partial charge in [-0.3, -0.25) is 14.4 Å². The van der Waals surface area contributed by atoms with Crippen LogP contribution in [0.3, 0.4) is 0 Å². The van der Waals surface area contributed by atoms with Crippen molar-refractivity contribution in [3.63, 3.8) is 0 Å². The predicted octanol–water partition coefficient (Wildman–Crippen LogP) is 3.81. The Morgan fingerprint density at radius 3 is 2.51 bits per heavy atom. The highest BCUT2D eigenvalue weighted by Crippen LogP contribution is 2.31. The monoisotopic (exact) mass is 541 g/mol. The molecule has 2 aromatic carbocycles. The number of likely N-dealkylation sites (tertiary alicyclic amines) is 1. The first-order valence-electron chi connectivity index (χ1n) is 12.4. The molecule has 0 aliphatic carbocycles. The summed E-state index contributed by atoms with van der Waals surface area (Å²) in [4.78, 5) is 42.5. The molecule has 204 valence electrons. The summed E-state index contributed by atoms with van der Waals surface area (Å²) in [6.07, 6.45) is -5.33. The van der Waals surface area contributed by atoms with Gasteiger partial charge in [0.1, 0.15) is 0 Å². The summed E-state index contributed by atoms with van der Waals surface area (Å²) in [5.41, 5.74) is 3.51. The Labute approximate surface area is 220 Å². The van der Waals surface area contributed by atoms with Crippen LogP contribution in [0.1, 0.15) is 23.7 Å². The number of benzene rings is 2. The number of carbonyl (C=O) groups excluding carboxylic acids is 2. The predicted molar refractivity (Wildman–Crippen MR) is 137 cm³/mol. The van der Waals surface area contributed by atoms with E-state index in [4.69, 9.17) is 4.98 Å². The van der Waals surface area contributed by atoms with E-state index >= 15 is 0 Å². The summed E-state index contributed by atoms with van der Waals surface area (Å²) in [5.74, 6) is -4.40. The highest BCUT2D eigenvalue weighted by Gasteiger charge is 2.42. The van der Waals surface area contributed by atoms with Gasteiger partial charge in [0.05, 0.1) is 22.6 Å². The number of aliphatic carboxylic acids is 1. The van der Waals surface area contributed by atoms with E-state index in [0.717, 1.165) is 28.7 Å². The minimum absolute atomic E-state index is 0.186. The average Bonchev–Trinajstić information content (AvgIpc) is 3.44. The number of aryl methyl sites for hydroxylation is 2. The van der Waals surface area contributed by atoms with Crippen LogP contribution in [-0.4, -0.2) is 67.2 Å². The van der Waals surface area contributed by atoms with E-state index in [1.165, 1.54) is 4.90 Å². The molecule has 2 atom stereocenters. The Hall–Kier alpha value is -4.35. The summed E-state index contributed by atoms with van der Waals surface area (Å²) < 4.78 is 42.4. The van der Waals surface area contributed by atoms with Gasteiger partial charge < -0.3 is 24.5 Å². The third kappa shape index (κ3) is 4.82. The topological polar surface area (TPSA) is 109 Å². The molecule has 9 nitrogen and oxygen atoms in total. The van der Waals surface area contributed by atoms with E-state index in [9.17, 15) is 32.7 Å². The molecular weight excluding hydrogens is 515 g/mol. The molecule has 2 amide bonds. The van der Waals surface area contributed by atoms with Crippen LogP contribution < -0.4 is 5.32 Å². The number of carbonyl (C=O) groups is 3. The number of nitrogens with zero attached hydrogens (tertiary/aromatic N) is 4. The van der Waals surface area contributed by atoms with E-state index in [2.05, 4.69) is 10.6 Å². The first-order valence-corrected chi connectivity index (χ1v) is 12.4. The molecule has 2 N–H and O–H groups in total. The summed E-state index contributed by atoms with van der Waals surface area (Å²) >= 11 is 0. The molecular formula is C27H26F3N5O4. The van der Waals surface area contributed by atoms with Crippen molar-refractivity contribution in [3.8, 4) is 11.5 Å². The number of imidazole rings is 1. The van der Waals surface area contributed by atoms with Crippen LogP contribution in [0.2, 0.25) is 0 Å². The highest BCUT2D eigenvalue weighted by atomic mass is 19.4. The number of aromatic nitrogens is 3. The molecule has 3 heterocycles. The van der Waals surface area contributed by atoms with Crippen LogP contribution in [0.5, 0.6) is 0 Å². The zero-order chi connectivity index (χ0) is 28.1. The fourth-order valence-electron chi connectivity index (χ4n) is 5.30. The maximum absolute atomic E-state index is 13.4. The molecule has 0 radical (unpaired) electrons. The van der Waals surface area contributed by atoms with E-state index in [1.54, 1.807) is 18.2 Å². The first kappa shape index (κ1) is 26.3. The van der Waals surface area contributed by atoms with Crippen molar-refractivity contribution < 1.29 is 32.7 Å². The van der Waals surface area contributed by atoms with Crippen molar-refractivity contribution in [2.24, 2.45) is 13.0 Å². The number of fused-ring (bicyclic) bond motifs is 2. The number of carboxylic acids is 1. The lowest BCUT2D eigenvalue weighted by atomic mass is 9.93. The average molecular weight is 542 g/mol. The number of alkyl halides is 3. The maximum atomic E-state index is 13.4. The van der Waals surface area contributed by atoms with E-state index in [1.807, 2.05) is 48.1 Å². The van der Waals surface area contributed by atoms with Crippen molar-refractivity contribution in [3.05, 3.63) is 54.1 Å². The number of piperidine rings is 1. The van der Waals surface area contributed by atoms with Crippen LogP contribution in [0.15, 0.2) is 48.5 Å². The molecule has 5 rings (SSSR count). The van der Waals surface area contributed by atoms with E-state index in [0.29, 0.717) is 11.3 Å². The maximum Gasteiger partial charge on any atom is 0.471 e. The van der Waals surface area contributed by atoms with Crippen molar-refractivity contribution >= 4 is 39.7 Å². The fraction of sp³-hybridized carbons (Fsp3) is 0.333. The summed E-state index contributed by atoms with van der Waals surface area (Å²) in [6, 6.07) is 13.8. The Morgan fingerprint density at radius 1 is 1.08 bits per heavy atom. The van der Waals surface area contributed by atoms with Gasteiger partial charge in [-0.05, 0) is 43.7 Å². The van der Waals surface area contributed by atoms with Gasteiger partial charge in [-0.1, -0.05) is 18.2 Å². The van der Waals surface area contributed by atoms with Gasteiger partial charge in [0.15, 0.2) is 5.82 Å². The molecule has 1 aliphatic rings. The number of rotatable bonds is 5. The smallest absolute Gasteiger partial charge is 0.471 e. The van der Waals surface area contributed by atoms with Gasteiger partial charge >= 0.3 is 18.1 Å². The molecule has 12 heteroatoms. The Balaban J connectivity index is 1.46. The zero-order valence-electron chi connectivity index (χ0n) is 21.2. The van der Waals surface area contributed by atoms with Gasteiger partial charge in [0.25, 0.3) is 5.91 Å². The lowest BCUT2D eigenvalue weighted by Crippen LogP contribution is -2.55. The number of amides is 2. The number of carboxylic acid groups (broad SMARTS) is 1. The molecule has 1 unspecified atom stereocenters. The largest absolute Gasteiger partial charge is 0.481 e. The molecule has 4 aromatic rings. The fourth-order valence-corrected chi connectivity index (χ4v) is 5.30. The Morgan fingerprint density at radius 2 is 1.82 bits per heavy atom. The minimum atomic E-state index is -5.11. The number of hydrogen-bond donors (Lipinski definition) is 2. The lowest BCUT2D eigenvalue weighted by molar-refractivity contribution is -0.175.